The average Bonchev–Trinajstić information content (AvgIpc) is 2.63. The number of hydrogen-bond acceptors (Lipinski definition) is 1. The van der Waals surface area contributed by atoms with E-state index in [0.717, 1.165) is 18.4 Å². The van der Waals surface area contributed by atoms with Gasteiger partial charge in [-0.3, -0.25) is 4.79 Å². The quantitative estimate of drug-likeness (QED) is 0.530. The van der Waals surface area contributed by atoms with Gasteiger partial charge in [-0.15, -0.1) is 0 Å². The predicted molar refractivity (Wildman–Crippen MR) is 83.1 cm³/mol. The van der Waals surface area contributed by atoms with E-state index >= 15 is 0 Å². The summed E-state index contributed by atoms with van der Waals surface area (Å²) in [6.45, 7) is 0. The van der Waals surface area contributed by atoms with Gasteiger partial charge in [0, 0.05) is 16.7 Å². The summed E-state index contributed by atoms with van der Waals surface area (Å²) in [7, 11) is 0. The fraction of sp³-hybridized carbons (Fsp3) is 0.167. The number of benzene rings is 2. The van der Waals surface area contributed by atoms with Crippen molar-refractivity contribution >= 4 is 23.5 Å². The molecule has 0 spiro atoms. The molecule has 0 atom stereocenters. The number of ketones is 1. The minimum atomic E-state index is -0.402. The Balaban J connectivity index is 2.07. The number of carbonyl (C=O) groups excluding carboxylic acids is 1. The van der Waals surface area contributed by atoms with Crippen molar-refractivity contribution in [3.05, 3.63) is 75.6 Å². The highest BCUT2D eigenvalue weighted by Gasteiger charge is 2.20. The van der Waals surface area contributed by atoms with Crippen LogP contribution in [-0.4, -0.2) is 5.78 Å². The largest absolute Gasteiger partial charge is 0.289 e. The summed E-state index contributed by atoms with van der Waals surface area (Å²) < 4.78 is 13.9. The van der Waals surface area contributed by atoms with Gasteiger partial charge >= 0.3 is 0 Å². The summed E-state index contributed by atoms with van der Waals surface area (Å²) in [5.74, 6) is -0.428. The summed E-state index contributed by atoms with van der Waals surface area (Å²) in [6.07, 6.45) is 3.98. The number of fused-ring (bicyclic) bond motifs is 1. The second kappa shape index (κ2) is 5.82. The molecule has 0 aromatic heterocycles. The first-order valence-corrected chi connectivity index (χ1v) is 7.32. The van der Waals surface area contributed by atoms with Crippen molar-refractivity contribution in [1.82, 2.24) is 0 Å². The number of rotatable bonds is 1. The maximum atomic E-state index is 13.9. The molecule has 0 heterocycles. The second-order valence-corrected chi connectivity index (χ2v) is 5.55. The molecule has 0 radical (unpaired) electrons. The van der Waals surface area contributed by atoms with Gasteiger partial charge in [0.2, 0.25) is 0 Å². The van der Waals surface area contributed by atoms with Gasteiger partial charge in [0.25, 0.3) is 0 Å². The lowest BCUT2D eigenvalue weighted by Crippen LogP contribution is -2.03. The Labute approximate surface area is 128 Å². The number of allylic oxidation sites excluding steroid dienone is 1. The second-order valence-electron chi connectivity index (χ2n) is 5.14. The van der Waals surface area contributed by atoms with E-state index in [9.17, 15) is 9.18 Å². The zero-order chi connectivity index (χ0) is 14.8. The van der Waals surface area contributed by atoms with Crippen molar-refractivity contribution in [3.63, 3.8) is 0 Å². The molecule has 0 fully saturated rings. The number of hydrogen-bond donors (Lipinski definition) is 0. The van der Waals surface area contributed by atoms with Crippen LogP contribution in [0.5, 0.6) is 0 Å². The third-order valence-corrected chi connectivity index (χ3v) is 4.09. The van der Waals surface area contributed by atoms with Crippen LogP contribution in [0.2, 0.25) is 5.02 Å². The van der Waals surface area contributed by atoms with Crippen molar-refractivity contribution in [2.75, 3.05) is 0 Å². The maximum absolute atomic E-state index is 13.9. The zero-order valence-corrected chi connectivity index (χ0v) is 12.2. The van der Waals surface area contributed by atoms with Crippen LogP contribution >= 0.6 is 11.6 Å². The summed E-state index contributed by atoms with van der Waals surface area (Å²) in [6, 6.07) is 12.2. The lowest BCUT2D eigenvalue weighted by atomic mass is 9.98. The Hall–Kier alpha value is -1.93. The molecule has 0 N–H and O–H groups in total. The van der Waals surface area contributed by atoms with Crippen LogP contribution in [0.4, 0.5) is 4.39 Å². The SMILES string of the molecule is O=C1C(=Cc2c(F)cccc2Cl)CCCc2ccccc21. The molecule has 0 aliphatic heterocycles. The van der Waals surface area contributed by atoms with Gasteiger partial charge < -0.3 is 0 Å². The Morgan fingerprint density at radius 1 is 1.05 bits per heavy atom. The molecular formula is C18H14ClFO. The van der Waals surface area contributed by atoms with Gasteiger partial charge in [-0.2, -0.15) is 0 Å². The van der Waals surface area contributed by atoms with Gasteiger partial charge in [-0.25, -0.2) is 4.39 Å². The fourth-order valence-electron chi connectivity index (χ4n) is 2.68. The third-order valence-electron chi connectivity index (χ3n) is 3.76. The average molecular weight is 301 g/mol. The van der Waals surface area contributed by atoms with Crippen molar-refractivity contribution in [2.24, 2.45) is 0 Å². The molecular weight excluding hydrogens is 287 g/mol. The predicted octanol–water partition coefficient (Wildman–Crippen LogP) is 5.08. The van der Waals surface area contributed by atoms with Gasteiger partial charge in [0.05, 0.1) is 5.02 Å². The minimum Gasteiger partial charge on any atom is -0.289 e. The monoisotopic (exact) mass is 300 g/mol. The third kappa shape index (κ3) is 2.77. The van der Waals surface area contributed by atoms with Crippen LogP contribution in [0.1, 0.15) is 34.3 Å². The van der Waals surface area contributed by atoms with Crippen LogP contribution in [0.3, 0.4) is 0 Å². The molecule has 0 amide bonds. The van der Waals surface area contributed by atoms with Crippen LogP contribution in [0.25, 0.3) is 6.08 Å². The van der Waals surface area contributed by atoms with Crippen LogP contribution in [0, 0.1) is 5.82 Å². The number of halogens is 2. The van der Waals surface area contributed by atoms with Crippen molar-refractivity contribution in [2.45, 2.75) is 19.3 Å². The molecule has 0 saturated heterocycles. The Bertz CT molecular complexity index is 713. The Kier molecular flexibility index (Phi) is 3.89. The molecule has 1 aliphatic carbocycles. The molecule has 0 saturated carbocycles. The first kappa shape index (κ1) is 14.0. The molecule has 106 valence electrons. The van der Waals surface area contributed by atoms with E-state index in [1.54, 1.807) is 18.2 Å². The van der Waals surface area contributed by atoms with E-state index in [2.05, 4.69) is 0 Å². The van der Waals surface area contributed by atoms with Crippen molar-refractivity contribution in [3.8, 4) is 0 Å². The molecule has 21 heavy (non-hydrogen) atoms. The van der Waals surface area contributed by atoms with Crippen LogP contribution in [0.15, 0.2) is 48.0 Å². The van der Waals surface area contributed by atoms with Gasteiger partial charge in [0.1, 0.15) is 5.82 Å². The zero-order valence-electron chi connectivity index (χ0n) is 11.4. The lowest BCUT2D eigenvalue weighted by Gasteiger charge is -2.06. The first-order valence-electron chi connectivity index (χ1n) is 6.94. The smallest absolute Gasteiger partial charge is 0.189 e. The normalized spacial score (nSPS) is 16.7. The molecule has 0 bridgehead atoms. The highest BCUT2D eigenvalue weighted by atomic mass is 35.5. The van der Waals surface area contributed by atoms with Gasteiger partial charge in [-0.05, 0) is 43.0 Å². The molecule has 2 aromatic rings. The number of carbonyl (C=O) groups is 1. The van der Waals surface area contributed by atoms with Gasteiger partial charge in [0.15, 0.2) is 5.78 Å². The number of Topliss-reactive ketones (excluding diaryl/α,β-unsaturated/α-hetero) is 1. The van der Waals surface area contributed by atoms with Crippen molar-refractivity contribution < 1.29 is 9.18 Å². The maximum Gasteiger partial charge on any atom is 0.189 e. The van der Waals surface area contributed by atoms with E-state index < -0.39 is 5.82 Å². The van der Waals surface area contributed by atoms with E-state index in [1.165, 1.54) is 6.07 Å². The fourth-order valence-corrected chi connectivity index (χ4v) is 2.89. The highest BCUT2D eigenvalue weighted by molar-refractivity contribution is 6.32. The summed E-state index contributed by atoms with van der Waals surface area (Å²) in [4.78, 5) is 12.6. The first-order chi connectivity index (χ1) is 10.2. The Morgan fingerprint density at radius 2 is 1.86 bits per heavy atom. The van der Waals surface area contributed by atoms with E-state index in [0.29, 0.717) is 28.1 Å². The lowest BCUT2D eigenvalue weighted by molar-refractivity contribution is 0.103. The molecule has 3 rings (SSSR count). The Morgan fingerprint density at radius 3 is 2.67 bits per heavy atom. The molecule has 1 aliphatic rings. The molecule has 2 aromatic carbocycles. The minimum absolute atomic E-state index is 0.0255. The molecule has 3 heteroatoms. The van der Waals surface area contributed by atoms with E-state index in [1.807, 2.05) is 24.3 Å². The topological polar surface area (TPSA) is 17.1 Å². The summed E-state index contributed by atoms with van der Waals surface area (Å²) >= 11 is 6.04. The van der Waals surface area contributed by atoms with Crippen molar-refractivity contribution in [1.29, 1.82) is 0 Å². The molecule has 0 unspecified atom stereocenters. The highest BCUT2D eigenvalue weighted by Crippen LogP contribution is 2.28. The van der Waals surface area contributed by atoms with E-state index in [4.69, 9.17) is 11.6 Å². The molecule has 1 nitrogen and oxygen atoms in total. The van der Waals surface area contributed by atoms with Gasteiger partial charge in [-0.1, -0.05) is 41.9 Å². The van der Waals surface area contributed by atoms with Crippen LogP contribution < -0.4 is 0 Å². The van der Waals surface area contributed by atoms with E-state index in [-0.39, 0.29) is 5.78 Å². The van der Waals surface area contributed by atoms with Crippen LogP contribution in [-0.2, 0) is 6.42 Å². The number of aryl methyl sites for hydroxylation is 1. The summed E-state index contributed by atoms with van der Waals surface area (Å²) in [5, 5.41) is 0.327. The summed E-state index contributed by atoms with van der Waals surface area (Å²) in [5.41, 5.74) is 2.69. The standard InChI is InChI=1S/C18H14ClFO/c19-16-9-4-10-17(20)15(16)11-13-7-3-6-12-5-1-2-8-14(12)18(13)21/h1-2,4-5,8-11H,3,6-7H2.